The molecule has 2 unspecified atom stereocenters. The molecule has 1 saturated heterocycles. The van der Waals surface area contributed by atoms with Crippen LogP contribution in [-0.2, 0) is 6.54 Å². The van der Waals surface area contributed by atoms with Gasteiger partial charge in [-0.05, 0) is 25.5 Å². The van der Waals surface area contributed by atoms with E-state index in [2.05, 4.69) is 48.3 Å². The second-order valence-electron chi connectivity index (χ2n) is 5.37. The van der Waals surface area contributed by atoms with Gasteiger partial charge in [0.2, 0.25) is 0 Å². The average molecular weight is 275 g/mol. The number of aromatic nitrogens is 1. The fourth-order valence-corrected chi connectivity index (χ4v) is 3.64. The standard InChI is InChI=1S/C15H21N3S/c1-3-12-9-18(11(2)8-16-12)10-15-17-13-6-4-5-7-14(13)19-15/h4-7,11-12,16H,3,8-10H2,1-2H3. The van der Waals surface area contributed by atoms with Gasteiger partial charge in [0, 0.05) is 25.2 Å². The highest BCUT2D eigenvalue weighted by atomic mass is 32.1. The van der Waals surface area contributed by atoms with Gasteiger partial charge in [-0.25, -0.2) is 4.98 Å². The third-order valence-electron chi connectivity index (χ3n) is 3.95. The van der Waals surface area contributed by atoms with Gasteiger partial charge in [-0.15, -0.1) is 11.3 Å². The van der Waals surface area contributed by atoms with E-state index in [0.29, 0.717) is 12.1 Å². The van der Waals surface area contributed by atoms with Crippen LogP contribution >= 0.6 is 11.3 Å². The molecule has 2 heterocycles. The molecule has 0 aliphatic carbocycles. The van der Waals surface area contributed by atoms with E-state index in [9.17, 15) is 0 Å². The summed E-state index contributed by atoms with van der Waals surface area (Å²) in [5.74, 6) is 0. The van der Waals surface area contributed by atoms with Gasteiger partial charge >= 0.3 is 0 Å². The topological polar surface area (TPSA) is 28.2 Å². The van der Waals surface area contributed by atoms with Gasteiger partial charge in [-0.2, -0.15) is 0 Å². The smallest absolute Gasteiger partial charge is 0.108 e. The van der Waals surface area contributed by atoms with Crippen LogP contribution in [0, 0.1) is 0 Å². The molecule has 1 fully saturated rings. The first-order chi connectivity index (χ1) is 9.26. The minimum atomic E-state index is 0.592. The second kappa shape index (κ2) is 5.57. The van der Waals surface area contributed by atoms with Crippen LogP contribution in [0.5, 0.6) is 0 Å². The van der Waals surface area contributed by atoms with Crippen LogP contribution in [-0.4, -0.2) is 35.1 Å². The molecule has 1 aromatic carbocycles. The van der Waals surface area contributed by atoms with E-state index in [4.69, 9.17) is 4.98 Å². The first-order valence-electron chi connectivity index (χ1n) is 7.08. The zero-order valence-electron chi connectivity index (χ0n) is 11.6. The molecule has 0 saturated carbocycles. The molecule has 1 aromatic heterocycles. The number of para-hydroxylation sites is 1. The molecule has 3 nitrogen and oxygen atoms in total. The number of hydrogen-bond acceptors (Lipinski definition) is 4. The third-order valence-corrected chi connectivity index (χ3v) is 4.97. The largest absolute Gasteiger partial charge is 0.311 e. The van der Waals surface area contributed by atoms with Gasteiger partial charge in [-0.3, -0.25) is 4.90 Å². The predicted molar refractivity (Wildman–Crippen MR) is 81.6 cm³/mol. The molecule has 0 amide bonds. The van der Waals surface area contributed by atoms with Crippen molar-refractivity contribution < 1.29 is 0 Å². The van der Waals surface area contributed by atoms with E-state index >= 15 is 0 Å². The highest BCUT2D eigenvalue weighted by molar-refractivity contribution is 7.18. The first-order valence-corrected chi connectivity index (χ1v) is 7.89. The molecule has 2 aromatic rings. The second-order valence-corrected chi connectivity index (χ2v) is 6.48. The Hall–Kier alpha value is -0.970. The summed E-state index contributed by atoms with van der Waals surface area (Å²) in [4.78, 5) is 7.31. The fourth-order valence-electron chi connectivity index (χ4n) is 2.65. The number of nitrogens with zero attached hydrogens (tertiary/aromatic N) is 2. The van der Waals surface area contributed by atoms with Crippen molar-refractivity contribution in [3.8, 4) is 0 Å². The predicted octanol–water partition coefficient (Wildman–Crippen LogP) is 2.87. The van der Waals surface area contributed by atoms with Crippen molar-refractivity contribution in [2.45, 2.75) is 38.9 Å². The molecule has 4 heteroatoms. The summed E-state index contributed by atoms with van der Waals surface area (Å²) in [7, 11) is 0. The van der Waals surface area contributed by atoms with E-state index in [-0.39, 0.29) is 0 Å². The summed E-state index contributed by atoms with van der Waals surface area (Å²) in [5.41, 5.74) is 1.14. The van der Waals surface area contributed by atoms with Crippen molar-refractivity contribution >= 4 is 21.6 Å². The summed E-state index contributed by atoms with van der Waals surface area (Å²) in [6.07, 6.45) is 1.20. The van der Waals surface area contributed by atoms with Crippen LogP contribution < -0.4 is 5.32 Å². The maximum atomic E-state index is 4.75. The first kappa shape index (κ1) is 13.0. The molecule has 0 radical (unpaired) electrons. The van der Waals surface area contributed by atoms with Crippen molar-refractivity contribution in [3.63, 3.8) is 0 Å². The van der Waals surface area contributed by atoms with Crippen LogP contribution in [0.25, 0.3) is 10.2 Å². The number of piperazine rings is 1. The Kier molecular flexibility index (Phi) is 3.82. The lowest BCUT2D eigenvalue weighted by molar-refractivity contribution is 0.131. The van der Waals surface area contributed by atoms with Crippen molar-refractivity contribution in [3.05, 3.63) is 29.3 Å². The van der Waals surface area contributed by atoms with E-state index in [0.717, 1.165) is 25.2 Å². The molecule has 19 heavy (non-hydrogen) atoms. The third kappa shape index (κ3) is 2.81. The van der Waals surface area contributed by atoms with Gasteiger partial charge in [0.1, 0.15) is 5.01 Å². The molecular formula is C15H21N3S. The molecule has 1 N–H and O–H groups in total. The minimum absolute atomic E-state index is 0.592. The number of thiazole rings is 1. The van der Waals surface area contributed by atoms with Crippen molar-refractivity contribution in [2.24, 2.45) is 0 Å². The highest BCUT2D eigenvalue weighted by Crippen LogP contribution is 2.23. The van der Waals surface area contributed by atoms with E-state index in [1.54, 1.807) is 0 Å². The zero-order chi connectivity index (χ0) is 13.2. The maximum Gasteiger partial charge on any atom is 0.108 e. The SMILES string of the molecule is CCC1CN(Cc2nc3ccccc3s2)C(C)CN1. The molecule has 0 bridgehead atoms. The van der Waals surface area contributed by atoms with Crippen LogP contribution in [0.4, 0.5) is 0 Å². The summed E-state index contributed by atoms with van der Waals surface area (Å²) in [5, 5.41) is 4.84. The summed E-state index contributed by atoms with van der Waals surface area (Å²) in [6, 6.07) is 9.63. The van der Waals surface area contributed by atoms with Crippen LogP contribution in [0.15, 0.2) is 24.3 Å². The molecule has 102 valence electrons. The summed E-state index contributed by atoms with van der Waals surface area (Å²) < 4.78 is 1.30. The highest BCUT2D eigenvalue weighted by Gasteiger charge is 2.24. The van der Waals surface area contributed by atoms with Crippen LogP contribution in [0.3, 0.4) is 0 Å². The van der Waals surface area contributed by atoms with E-state index in [1.165, 1.54) is 16.1 Å². The van der Waals surface area contributed by atoms with Gasteiger partial charge in [0.25, 0.3) is 0 Å². The lowest BCUT2D eigenvalue weighted by Crippen LogP contribution is -2.54. The van der Waals surface area contributed by atoms with Gasteiger partial charge < -0.3 is 5.32 Å². The Bertz CT molecular complexity index is 518. The molecule has 3 rings (SSSR count). The Morgan fingerprint density at radius 3 is 3.05 bits per heavy atom. The molecule has 0 spiro atoms. The Morgan fingerprint density at radius 2 is 2.26 bits per heavy atom. The Morgan fingerprint density at radius 1 is 1.42 bits per heavy atom. The van der Waals surface area contributed by atoms with E-state index < -0.39 is 0 Å². The molecule has 2 atom stereocenters. The summed E-state index contributed by atoms with van der Waals surface area (Å²) >= 11 is 1.83. The molecule has 1 aliphatic heterocycles. The van der Waals surface area contributed by atoms with Crippen molar-refractivity contribution in [1.29, 1.82) is 0 Å². The lowest BCUT2D eigenvalue weighted by atomic mass is 10.1. The van der Waals surface area contributed by atoms with Gasteiger partial charge in [0.05, 0.1) is 16.8 Å². The minimum Gasteiger partial charge on any atom is -0.311 e. The molecular weight excluding hydrogens is 254 g/mol. The monoisotopic (exact) mass is 275 g/mol. The quantitative estimate of drug-likeness (QED) is 0.933. The number of hydrogen-bond donors (Lipinski definition) is 1. The maximum absolute atomic E-state index is 4.75. The molecule has 1 aliphatic rings. The number of nitrogens with one attached hydrogen (secondary N) is 1. The van der Waals surface area contributed by atoms with Crippen molar-refractivity contribution in [1.82, 2.24) is 15.2 Å². The Balaban J connectivity index is 1.75. The Labute approximate surface area is 118 Å². The number of rotatable bonds is 3. The average Bonchev–Trinajstić information content (AvgIpc) is 2.83. The van der Waals surface area contributed by atoms with Crippen LogP contribution in [0.2, 0.25) is 0 Å². The van der Waals surface area contributed by atoms with Gasteiger partial charge in [0.15, 0.2) is 0 Å². The fraction of sp³-hybridized carbons (Fsp3) is 0.533. The summed E-state index contributed by atoms with van der Waals surface area (Å²) in [6.45, 7) is 7.76. The lowest BCUT2D eigenvalue weighted by Gasteiger charge is -2.38. The number of benzene rings is 1. The normalized spacial score (nSPS) is 24.9. The number of fused-ring (bicyclic) bond motifs is 1. The van der Waals surface area contributed by atoms with Crippen LogP contribution in [0.1, 0.15) is 25.3 Å². The van der Waals surface area contributed by atoms with Gasteiger partial charge in [-0.1, -0.05) is 19.1 Å². The zero-order valence-corrected chi connectivity index (χ0v) is 12.4. The van der Waals surface area contributed by atoms with Crippen molar-refractivity contribution in [2.75, 3.05) is 13.1 Å². The van der Waals surface area contributed by atoms with E-state index in [1.807, 2.05) is 11.3 Å².